The van der Waals surface area contributed by atoms with E-state index < -0.39 is 0 Å². The molecule has 0 aromatic carbocycles. The maximum absolute atomic E-state index is 12.6. The van der Waals surface area contributed by atoms with Gasteiger partial charge in [0.05, 0.1) is 11.7 Å². The third-order valence-corrected chi connectivity index (χ3v) is 6.58. The number of nitrogens with zero attached hydrogens (tertiary/aromatic N) is 3. The standard InChI is InChI=1S/C21H32N4O/c1-4-14(5-2)24-13-9-12-17(24)19-18-15-10-7-8-11-16(15)21(26)22-20(18)25(6-3)23-19/h14,17H,4-13H2,1-3H3,(H,22,26). The van der Waals surface area contributed by atoms with Crippen LogP contribution < -0.4 is 5.56 Å². The van der Waals surface area contributed by atoms with Gasteiger partial charge in [-0.2, -0.15) is 5.10 Å². The van der Waals surface area contributed by atoms with Crippen LogP contribution in [-0.2, 0) is 19.4 Å². The van der Waals surface area contributed by atoms with E-state index in [1.807, 2.05) is 4.68 Å². The molecular formula is C21H32N4O. The highest BCUT2D eigenvalue weighted by atomic mass is 16.1. The summed E-state index contributed by atoms with van der Waals surface area (Å²) in [4.78, 5) is 18.5. The van der Waals surface area contributed by atoms with E-state index in [9.17, 15) is 4.79 Å². The molecule has 0 bridgehead atoms. The minimum absolute atomic E-state index is 0.108. The molecule has 2 aromatic rings. The molecule has 3 heterocycles. The fourth-order valence-electron chi connectivity index (χ4n) is 5.26. The van der Waals surface area contributed by atoms with Crippen LogP contribution in [0.1, 0.15) is 82.2 Å². The number of aryl methyl sites for hydroxylation is 2. The minimum atomic E-state index is 0.108. The van der Waals surface area contributed by atoms with Crippen LogP contribution in [-0.4, -0.2) is 32.3 Å². The van der Waals surface area contributed by atoms with Gasteiger partial charge in [0.1, 0.15) is 5.65 Å². The second-order valence-electron chi connectivity index (χ2n) is 7.91. The van der Waals surface area contributed by atoms with Crippen molar-refractivity contribution in [1.29, 1.82) is 0 Å². The molecule has 2 aliphatic rings. The third-order valence-electron chi connectivity index (χ3n) is 6.58. The number of fused-ring (bicyclic) bond motifs is 3. The highest BCUT2D eigenvalue weighted by molar-refractivity contribution is 5.84. The van der Waals surface area contributed by atoms with Gasteiger partial charge in [0.25, 0.3) is 5.56 Å². The number of pyridine rings is 1. The van der Waals surface area contributed by atoms with Crippen molar-refractivity contribution in [3.8, 4) is 0 Å². The Labute approximate surface area is 155 Å². The van der Waals surface area contributed by atoms with Crippen molar-refractivity contribution in [2.24, 2.45) is 0 Å². The Morgan fingerprint density at radius 3 is 2.54 bits per heavy atom. The van der Waals surface area contributed by atoms with Gasteiger partial charge in [0.2, 0.25) is 0 Å². The number of nitrogens with one attached hydrogen (secondary N) is 1. The SMILES string of the molecule is CCC(CC)N1CCCC1c1nn(CC)c2[nH]c(=O)c3c(c12)CCCC3. The van der Waals surface area contributed by atoms with Crippen LogP contribution in [0.25, 0.3) is 11.0 Å². The van der Waals surface area contributed by atoms with Crippen molar-refractivity contribution in [1.82, 2.24) is 19.7 Å². The van der Waals surface area contributed by atoms with Crippen molar-refractivity contribution in [2.75, 3.05) is 6.54 Å². The van der Waals surface area contributed by atoms with E-state index in [0.717, 1.165) is 37.0 Å². The zero-order valence-corrected chi connectivity index (χ0v) is 16.5. The van der Waals surface area contributed by atoms with E-state index in [1.165, 1.54) is 55.3 Å². The summed E-state index contributed by atoms with van der Waals surface area (Å²) in [5.41, 5.74) is 4.59. The molecule has 1 saturated heterocycles. The van der Waals surface area contributed by atoms with Crippen LogP contribution >= 0.6 is 0 Å². The molecule has 5 nitrogen and oxygen atoms in total. The lowest BCUT2D eigenvalue weighted by atomic mass is 9.89. The number of rotatable bonds is 5. The third kappa shape index (κ3) is 2.72. The molecule has 4 rings (SSSR count). The second-order valence-corrected chi connectivity index (χ2v) is 7.91. The molecule has 1 aliphatic carbocycles. The lowest BCUT2D eigenvalue weighted by molar-refractivity contribution is 0.168. The Balaban J connectivity index is 1.91. The molecule has 5 heteroatoms. The molecule has 1 aliphatic heterocycles. The first kappa shape index (κ1) is 17.8. The lowest BCUT2D eigenvalue weighted by Crippen LogP contribution is -2.34. The summed E-state index contributed by atoms with van der Waals surface area (Å²) in [6.07, 6.45) is 9.05. The largest absolute Gasteiger partial charge is 0.307 e. The van der Waals surface area contributed by atoms with Gasteiger partial charge in [-0.25, -0.2) is 4.68 Å². The average molecular weight is 357 g/mol. The number of likely N-dealkylation sites (tertiary alicyclic amines) is 1. The van der Waals surface area contributed by atoms with Gasteiger partial charge < -0.3 is 4.98 Å². The van der Waals surface area contributed by atoms with Gasteiger partial charge in [0.15, 0.2) is 0 Å². The molecule has 1 atom stereocenters. The summed E-state index contributed by atoms with van der Waals surface area (Å²) in [6, 6.07) is 1.02. The monoisotopic (exact) mass is 356 g/mol. The topological polar surface area (TPSA) is 53.9 Å². The van der Waals surface area contributed by atoms with Crippen molar-refractivity contribution >= 4 is 11.0 Å². The van der Waals surface area contributed by atoms with Crippen LogP contribution in [0.2, 0.25) is 0 Å². The molecule has 1 fully saturated rings. The summed E-state index contributed by atoms with van der Waals surface area (Å²) in [6.45, 7) is 8.67. The number of hydrogen-bond donors (Lipinski definition) is 1. The van der Waals surface area contributed by atoms with Crippen LogP contribution in [0, 0.1) is 0 Å². The van der Waals surface area contributed by atoms with Crippen LogP contribution in [0.15, 0.2) is 4.79 Å². The summed E-state index contributed by atoms with van der Waals surface area (Å²) in [7, 11) is 0. The summed E-state index contributed by atoms with van der Waals surface area (Å²) in [5, 5.41) is 6.31. The van der Waals surface area contributed by atoms with Gasteiger partial charge >= 0.3 is 0 Å². The lowest BCUT2D eigenvalue weighted by Gasteiger charge is -2.31. The zero-order valence-electron chi connectivity index (χ0n) is 16.5. The van der Waals surface area contributed by atoms with Crippen molar-refractivity contribution in [3.05, 3.63) is 27.2 Å². The normalized spacial score (nSPS) is 21.0. The number of hydrogen-bond acceptors (Lipinski definition) is 3. The molecule has 1 N–H and O–H groups in total. The quantitative estimate of drug-likeness (QED) is 0.882. The Hall–Kier alpha value is -1.62. The van der Waals surface area contributed by atoms with E-state index in [-0.39, 0.29) is 5.56 Å². The predicted molar refractivity (Wildman–Crippen MR) is 106 cm³/mol. The second kappa shape index (κ2) is 7.18. The van der Waals surface area contributed by atoms with Gasteiger partial charge in [-0.1, -0.05) is 13.8 Å². The average Bonchev–Trinajstić information content (AvgIpc) is 3.27. The van der Waals surface area contributed by atoms with Crippen molar-refractivity contribution < 1.29 is 0 Å². The van der Waals surface area contributed by atoms with Gasteiger partial charge in [-0.15, -0.1) is 0 Å². The minimum Gasteiger partial charge on any atom is -0.307 e. The van der Waals surface area contributed by atoms with Gasteiger partial charge in [0, 0.05) is 23.5 Å². The maximum atomic E-state index is 12.6. The molecule has 0 saturated carbocycles. The highest BCUT2D eigenvalue weighted by Crippen LogP contribution is 2.39. The van der Waals surface area contributed by atoms with E-state index in [4.69, 9.17) is 5.10 Å². The predicted octanol–water partition coefficient (Wildman–Crippen LogP) is 3.95. The van der Waals surface area contributed by atoms with Crippen LogP contribution in [0.4, 0.5) is 0 Å². The Bertz CT molecular complexity index is 846. The first-order valence-corrected chi connectivity index (χ1v) is 10.6. The summed E-state index contributed by atoms with van der Waals surface area (Å²) in [5.74, 6) is 0. The van der Waals surface area contributed by atoms with E-state index in [1.54, 1.807) is 0 Å². The summed E-state index contributed by atoms with van der Waals surface area (Å²) < 4.78 is 2.02. The molecule has 142 valence electrons. The highest BCUT2D eigenvalue weighted by Gasteiger charge is 2.35. The fraction of sp³-hybridized carbons (Fsp3) is 0.714. The summed E-state index contributed by atoms with van der Waals surface area (Å²) >= 11 is 0. The van der Waals surface area contributed by atoms with Crippen LogP contribution in [0.3, 0.4) is 0 Å². The molecule has 26 heavy (non-hydrogen) atoms. The van der Waals surface area contributed by atoms with E-state index >= 15 is 0 Å². The van der Waals surface area contributed by atoms with Gasteiger partial charge in [-0.05, 0) is 70.4 Å². The van der Waals surface area contributed by atoms with E-state index in [0.29, 0.717) is 12.1 Å². The Morgan fingerprint density at radius 1 is 1.12 bits per heavy atom. The van der Waals surface area contributed by atoms with Crippen LogP contribution in [0.5, 0.6) is 0 Å². The first-order valence-electron chi connectivity index (χ1n) is 10.6. The van der Waals surface area contributed by atoms with E-state index in [2.05, 4.69) is 30.7 Å². The molecule has 2 aromatic heterocycles. The zero-order chi connectivity index (χ0) is 18.3. The van der Waals surface area contributed by atoms with Crippen molar-refractivity contribution in [2.45, 2.75) is 90.8 Å². The molecule has 0 radical (unpaired) electrons. The maximum Gasteiger partial charge on any atom is 0.253 e. The molecule has 0 amide bonds. The molecular weight excluding hydrogens is 324 g/mol. The fourth-order valence-corrected chi connectivity index (χ4v) is 5.26. The Morgan fingerprint density at radius 2 is 1.85 bits per heavy atom. The number of H-pyrrole nitrogens is 1. The molecule has 1 unspecified atom stereocenters. The van der Waals surface area contributed by atoms with Crippen molar-refractivity contribution in [3.63, 3.8) is 0 Å². The Kier molecular flexibility index (Phi) is 4.91. The molecule has 0 spiro atoms. The number of aromatic nitrogens is 3. The van der Waals surface area contributed by atoms with Gasteiger partial charge in [-0.3, -0.25) is 9.69 Å². The number of aromatic amines is 1. The smallest absolute Gasteiger partial charge is 0.253 e. The first-order chi connectivity index (χ1) is 12.7.